The average Bonchev–Trinajstić information content (AvgIpc) is 2.94. The van der Waals surface area contributed by atoms with Gasteiger partial charge in [-0.25, -0.2) is 18.1 Å². The van der Waals surface area contributed by atoms with E-state index in [2.05, 4.69) is 15.7 Å². The van der Waals surface area contributed by atoms with Crippen LogP contribution in [0.25, 0.3) is 0 Å². The minimum absolute atomic E-state index is 0.0129. The number of carbonyl (C=O) groups excluding carboxylic acids is 1. The number of carboxylic acid groups (broad SMARTS) is 1. The minimum atomic E-state index is -3.88. The quantitative estimate of drug-likeness (QED) is 0.127. The van der Waals surface area contributed by atoms with E-state index < -0.39 is 21.7 Å². The summed E-state index contributed by atoms with van der Waals surface area (Å²) < 4.78 is 26.2. The molecule has 0 aliphatic carbocycles. The van der Waals surface area contributed by atoms with E-state index in [1.165, 1.54) is 48.5 Å². The van der Waals surface area contributed by atoms with Crippen molar-refractivity contribution in [1.82, 2.24) is 0 Å². The van der Waals surface area contributed by atoms with E-state index in [4.69, 9.17) is 10.1 Å². The summed E-state index contributed by atoms with van der Waals surface area (Å²) in [5.41, 5.74) is 4.52. The van der Waals surface area contributed by atoms with E-state index in [1.807, 2.05) is 18.2 Å². The molecule has 4 aromatic rings. The summed E-state index contributed by atoms with van der Waals surface area (Å²) in [5, 5.41) is 30.0. The molecule has 11 nitrogen and oxygen atoms in total. The fourth-order valence-corrected chi connectivity index (χ4v) is 5.03. The number of hydrogen-bond donors (Lipinski definition) is 5. The number of carbonyl (C=O) groups is 2. The fourth-order valence-electron chi connectivity index (χ4n) is 3.77. The first-order valence-corrected chi connectivity index (χ1v) is 13.2. The summed E-state index contributed by atoms with van der Waals surface area (Å²) in [6.45, 7) is 0.191. The number of benzene rings is 4. The summed E-state index contributed by atoms with van der Waals surface area (Å²) in [4.78, 5) is 33.7. The average molecular weight is 565 g/mol. The number of aromatic carboxylic acids is 1. The Balaban J connectivity index is 1.39. The van der Waals surface area contributed by atoms with Crippen LogP contribution in [0, 0.1) is 0 Å². The molecular weight excluding hydrogens is 540 g/mol. The molecule has 0 radical (unpaired) electrons. The Bertz CT molecular complexity index is 1620. The molecule has 0 aromatic heterocycles. The third-order valence-electron chi connectivity index (χ3n) is 5.82. The van der Waals surface area contributed by atoms with Gasteiger partial charge in [-0.2, -0.15) is 0 Å². The van der Waals surface area contributed by atoms with Crippen LogP contribution in [-0.2, 0) is 32.8 Å². The van der Waals surface area contributed by atoms with Crippen molar-refractivity contribution in [1.29, 1.82) is 0 Å². The van der Waals surface area contributed by atoms with Gasteiger partial charge in [0.25, 0.3) is 5.91 Å². The van der Waals surface area contributed by atoms with Crippen molar-refractivity contribution in [2.24, 2.45) is 0 Å². The molecule has 0 saturated heterocycles. The lowest BCUT2D eigenvalue weighted by molar-refractivity contribution is -0.253. The van der Waals surface area contributed by atoms with Crippen LogP contribution in [0.15, 0.2) is 101 Å². The Morgan fingerprint density at radius 2 is 1.32 bits per heavy atom. The number of rotatable bonds is 11. The second-order valence-corrected chi connectivity index (χ2v) is 10.4. The molecule has 0 spiro atoms. The van der Waals surface area contributed by atoms with E-state index in [9.17, 15) is 28.2 Å². The van der Waals surface area contributed by atoms with Gasteiger partial charge in [-0.15, -0.1) is 0 Å². The van der Waals surface area contributed by atoms with Crippen LogP contribution in [0.5, 0.6) is 5.75 Å². The Labute approximate surface area is 229 Å². The second kappa shape index (κ2) is 12.4. The van der Waals surface area contributed by atoms with Gasteiger partial charge in [0.15, 0.2) is 0 Å². The lowest BCUT2D eigenvalue weighted by atomic mass is 10.1. The zero-order valence-electron chi connectivity index (χ0n) is 20.8. The molecule has 0 aliphatic heterocycles. The number of phenolic OH excluding ortho intramolecular Hbond substituents is 1. The number of sulfone groups is 1. The number of carboxylic acids is 1. The molecule has 0 bridgehead atoms. The van der Waals surface area contributed by atoms with Crippen molar-refractivity contribution in [2.75, 3.05) is 10.8 Å². The predicted molar refractivity (Wildman–Crippen MR) is 144 cm³/mol. The largest absolute Gasteiger partial charge is 0.508 e. The van der Waals surface area contributed by atoms with E-state index in [0.29, 0.717) is 5.69 Å². The monoisotopic (exact) mass is 564 g/mol. The highest BCUT2D eigenvalue weighted by molar-refractivity contribution is 7.91. The number of amides is 1. The molecule has 12 heteroatoms. The minimum Gasteiger partial charge on any atom is -0.508 e. The Morgan fingerprint density at radius 3 is 1.90 bits per heavy atom. The van der Waals surface area contributed by atoms with E-state index in [1.54, 1.807) is 18.2 Å². The number of nitrogens with one attached hydrogen (secondary N) is 2. The van der Waals surface area contributed by atoms with Gasteiger partial charge in [-0.05, 0) is 77.9 Å². The molecule has 0 heterocycles. The van der Waals surface area contributed by atoms with Crippen LogP contribution >= 0.6 is 0 Å². The molecule has 0 fully saturated rings. The number of anilines is 2. The van der Waals surface area contributed by atoms with Gasteiger partial charge in [0.1, 0.15) is 12.4 Å². The maximum absolute atomic E-state index is 13.1. The highest BCUT2D eigenvalue weighted by Crippen LogP contribution is 2.25. The third-order valence-corrected chi connectivity index (χ3v) is 7.61. The molecule has 4 rings (SSSR count). The molecule has 0 unspecified atom stereocenters. The molecule has 5 N–H and O–H groups in total. The molecule has 1 amide bonds. The predicted octanol–water partition coefficient (Wildman–Crippen LogP) is 4.71. The third kappa shape index (κ3) is 6.62. The number of aromatic hydroxyl groups is 1. The van der Waals surface area contributed by atoms with Crippen LogP contribution in [0.3, 0.4) is 0 Å². The first kappa shape index (κ1) is 28.3. The van der Waals surface area contributed by atoms with Gasteiger partial charge < -0.3 is 15.5 Å². The Morgan fingerprint density at radius 1 is 0.750 bits per heavy atom. The van der Waals surface area contributed by atoms with E-state index >= 15 is 0 Å². The van der Waals surface area contributed by atoms with Crippen LogP contribution in [0.2, 0.25) is 0 Å². The fraction of sp³-hybridized carbons (Fsp3) is 0.0714. The van der Waals surface area contributed by atoms with Gasteiger partial charge in [-0.3, -0.25) is 20.4 Å². The van der Waals surface area contributed by atoms with Crippen molar-refractivity contribution in [3.05, 3.63) is 113 Å². The van der Waals surface area contributed by atoms with Crippen LogP contribution in [0.4, 0.5) is 11.4 Å². The van der Waals surface area contributed by atoms with Crippen molar-refractivity contribution < 1.29 is 43.2 Å². The molecule has 0 aliphatic rings. The normalized spacial score (nSPS) is 11.1. The molecule has 0 saturated carbocycles. The first-order chi connectivity index (χ1) is 19.2. The first-order valence-electron chi connectivity index (χ1n) is 11.7. The lowest BCUT2D eigenvalue weighted by Crippen LogP contribution is -2.16. The molecule has 0 atom stereocenters. The topological polar surface area (TPSA) is 171 Å². The van der Waals surface area contributed by atoms with Crippen molar-refractivity contribution in [3.63, 3.8) is 0 Å². The summed E-state index contributed by atoms with van der Waals surface area (Å²) >= 11 is 0. The zero-order chi connectivity index (χ0) is 28.7. The van der Waals surface area contributed by atoms with Crippen LogP contribution < -0.4 is 10.8 Å². The summed E-state index contributed by atoms with van der Waals surface area (Å²) in [6, 6.07) is 21.9. The van der Waals surface area contributed by atoms with Gasteiger partial charge >= 0.3 is 5.97 Å². The summed E-state index contributed by atoms with van der Waals surface area (Å²) in [6.07, 6.45) is 0. The maximum Gasteiger partial charge on any atom is 0.336 e. The van der Waals surface area contributed by atoms with Crippen LogP contribution in [0.1, 0.15) is 31.8 Å². The molecule has 206 valence electrons. The number of hydrogen-bond acceptors (Lipinski definition) is 9. The van der Waals surface area contributed by atoms with Crippen molar-refractivity contribution in [2.45, 2.75) is 23.0 Å². The zero-order valence-corrected chi connectivity index (χ0v) is 21.6. The van der Waals surface area contributed by atoms with Crippen LogP contribution in [-0.4, -0.2) is 35.8 Å². The number of phenols is 1. The maximum atomic E-state index is 13.1. The molecular formula is C28H24N2O9S. The van der Waals surface area contributed by atoms with Gasteiger partial charge in [0.2, 0.25) is 9.84 Å². The highest BCUT2D eigenvalue weighted by Gasteiger charge is 2.20. The van der Waals surface area contributed by atoms with Gasteiger partial charge in [0.05, 0.1) is 33.2 Å². The Kier molecular flexibility index (Phi) is 8.76. The smallest absolute Gasteiger partial charge is 0.336 e. The molecule has 4 aromatic carbocycles. The van der Waals surface area contributed by atoms with E-state index in [-0.39, 0.29) is 45.6 Å². The highest BCUT2D eigenvalue weighted by atomic mass is 32.2. The summed E-state index contributed by atoms with van der Waals surface area (Å²) in [5.74, 6) is -2.41. The van der Waals surface area contributed by atoms with Gasteiger partial charge in [-0.1, -0.05) is 24.3 Å². The summed E-state index contributed by atoms with van der Waals surface area (Å²) in [7, 11) is -3.88. The SMILES string of the molecule is O=C(O)c1cc(O)ccc1C(=O)Nc1ccc(S(=O)(=O)c2ccc(NOCc3ccccc3COO)cc2)cc1. The lowest BCUT2D eigenvalue weighted by Gasteiger charge is -2.11. The van der Waals surface area contributed by atoms with Gasteiger partial charge in [0, 0.05) is 5.69 Å². The van der Waals surface area contributed by atoms with Crippen molar-refractivity contribution in [3.8, 4) is 5.75 Å². The standard InChI is InChI=1S/C28H24N2O9S/c31-22-9-14-25(26(15-22)28(33)34)27(32)29-20-5-10-23(11-6-20)40(36,37)24-12-7-21(8-13-24)30-38-16-18-3-1-2-4-19(18)17-39-35/h1-15,30-31,35H,16-17H2,(H,29,32)(H,33,34). The van der Waals surface area contributed by atoms with Crippen molar-refractivity contribution >= 4 is 33.1 Å². The molecule has 40 heavy (non-hydrogen) atoms. The van der Waals surface area contributed by atoms with E-state index in [0.717, 1.165) is 17.2 Å². The second-order valence-electron chi connectivity index (χ2n) is 8.47. The Hall–Kier alpha value is -4.75.